The minimum atomic E-state index is -1.28. The lowest BCUT2D eigenvalue weighted by Gasteiger charge is -2.25. The van der Waals surface area contributed by atoms with E-state index in [4.69, 9.17) is 4.74 Å². The van der Waals surface area contributed by atoms with Crippen LogP contribution in [0.2, 0.25) is 0 Å². The second-order valence-corrected chi connectivity index (χ2v) is 12.1. The molecular weight excluding hydrogens is 554 g/mol. The lowest BCUT2D eigenvalue weighted by atomic mass is 9.94. The molecule has 1 aromatic carbocycles. The third-order valence-electron chi connectivity index (χ3n) is 7.34. The van der Waals surface area contributed by atoms with Gasteiger partial charge >= 0.3 is 6.09 Å². The number of amides is 4. The van der Waals surface area contributed by atoms with Crippen molar-refractivity contribution in [3.05, 3.63) is 64.6 Å². The quantitative estimate of drug-likeness (QED) is 0.275. The van der Waals surface area contributed by atoms with Gasteiger partial charge in [-0.3, -0.25) is 29.3 Å². The predicted octanol–water partition coefficient (Wildman–Crippen LogP) is 2.43. The first-order valence-corrected chi connectivity index (χ1v) is 14.6. The number of Topliss-reactive ketones (excluding diaryl/α,β-unsaturated/α-hetero) is 1. The highest BCUT2D eigenvalue weighted by molar-refractivity contribution is 6.38. The van der Waals surface area contributed by atoms with Crippen LogP contribution in [0.4, 0.5) is 10.5 Å². The first kappa shape index (κ1) is 31.5. The van der Waals surface area contributed by atoms with E-state index in [-0.39, 0.29) is 30.5 Å². The van der Waals surface area contributed by atoms with E-state index in [2.05, 4.69) is 21.3 Å². The molecule has 2 aliphatic rings. The number of aromatic nitrogens is 1. The number of rotatable bonds is 12. The van der Waals surface area contributed by atoms with E-state index >= 15 is 0 Å². The van der Waals surface area contributed by atoms with Crippen molar-refractivity contribution in [2.45, 2.75) is 77.1 Å². The van der Waals surface area contributed by atoms with E-state index in [0.717, 1.165) is 18.4 Å². The van der Waals surface area contributed by atoms with Crippen LogP contribution in [0.3, 0.4) is 0 Å². The molecule has 230 valence electrons. The monoisotopic (exact) mass is 593 g/mol. The molecule has 1 saturated carbocycles. The summed E-state index contributed by atoms with van der Waals surface area (Å²) >= 11 is 0. The van der Waals surface area contributed by atoms with E-state index in [0.29, 0.717) is 19.4 Å². The van der Waals surface area contributed by atoms with Gasteiger partial charge in [-0.05, 0) is 63.6 Å². The summed E-state index contributed by atoms with van der Waals surface area (Å²) in [5.74, 6) is -2.98. The van der Waals surface area contributed by atoms with Crippen LogP contribution < -0.4 is 26.8 Å². The number of carbonyl (C=O) groups excluding carboxylic acids is 5. The van der Waals surface area contributed by atoms with Gasteiger partial charge < -0.3 is 25.3 Å². The van der Waals surface area contributed by atoms with Crippen molar-refractivity contribution in [1.29, 1.82) is 0 Å². The molecule has 1 aliphatic carbocycles. The Balaban J connectivity index is 1.54. The fraction of sp³-hybridized carbons (Fsp3) is 0.484. The Kier molecular flexibility index (Phi) is 9.99. The van der Waals surface area contributed by atoms with Gasteiger partial charge in [-0.15, -0.1) is 0 Å². The second-order valence-electron chi connectivity index (χ2n) is 12.1. The van der Waals surface area contributed by atoms with E-state index < -0.39 is 52.9 Å². The third-order valence-corrected chi connectivity index (χ3v) is 7.34. The van der Waals surface area contributed by atoms with Crippen molar-refractivity contribution in [3.8, 4) is 0 Å². The molecule has 1 aliphatic heterocycles. The molecule has 1 saturated heterocycles. The highest BCUT2D eigenvalue weighted by atomic mass is 16.6. The standard InChI is InChI=1S/C31H39N5O7/c1-31(2,3)43-30(42)35-22-10-7-15-36(29(22)41)24(16-19-11-12-19)27(39)34-23(17-21-13-14-32-26(21)38)25(37)28(40)33-18-20-8-5-4-6-9-20/h4-10,15,19,21,23-24H,11-14,16-18H2,1-3H3,(H,32,38)(H,33,40)(H,34,39)(H,35,42)/t21-,23?,24-/m0/s1. The van der Waals surface area contributed by atoms with Crippen molar-refractivity contribution in [1.82, 2.24) is 20.5 Å². The molecule has 4 N–H and O–H groups in total. The molecule has 1 aromatic heterocycles. The first-order valence-electron chi connectivity index (χ1n) is 14.6. The molecule has 0 spiro atoms. The van der Waals surface area contributed by atoms with Gasteiger partial charge in [0.15, 0.2) is 0 Å². The van der Waals surface area contributed by atoms with Crippen LogP contribution in [-0.2, 0) is 30.5 Å². The van der Waals surface area contributed by atoms with E-state index in [1.54, 1.807) is 32.9 Å². The first-order chi connectivity index (χ1) is 20.4. The van der Waals surface area contributed by atoms with Crippen LogP contribution >= 0.6 is 0 Å². The summed E-state index contributed by atoms with van der Waals surface area (Å²) in [6.45, 7) is 5.64. The van der Waals surface area contributed by atoms with E-state index in [9.17, 15) is 28.8 Å². The summed E-state index contributed by atoms with van der Waals surface area (Å²) < 4.78 is 6.48. The number of nitrogens with zero attached hydrogens (tertiary/aromatic N) is 1. The molecule has 2 aromatic rings. The largest absolute Gasteiger partial charge is 0.444 e. The maximum absolute atomic E-state index is 13.8. The smallest absolute Gasteiger partial charge is 0.412 e. The van der Waals surface area contributed by atoms with Crippen LogP contribution in [0.1, 0.15) is 64.5 Å². The Labute approximate surface area is 249 Å². The Morgan fingerprint density at radius 1 is 1.00 bits per heavy atom. The minimum Gasteiger partial charge on any atom is -0.444 e. The topological polar surface area (TPSA) is 165 Å². The number of pyridine rings is 1. The second kappa shape index (κ2) is 13.7. The number of anilines is 1. The predicted molar refractivity (Wildman–Crippen MR) is 158 cm³/mol. The molecule has 4 rings (SSSR count). The lowest BCUT2D eigenvalue weighted by Crippen LogP contribution is -2.51. The van der Waals surface area contributed by atoms with Gasteiger partial charge in [0.1, 0.15) is 17.3 Å². The average molecular weight is 594 g/mol. The summed E-state index contributed by atoms with van der Waals surface area (Å²) in [4.78, 5) is 78.1. The Morgan fingerprint density at radius 2 is 1.72 bits per heavy atom. The molecular formula is C31H39N5O7. The van der Waals surface area contributed by atoms with Crippen LogP contribution in [0.15, 0.2) is 53.5 Å². The van der Waals surface area contributed by atoms with Gasteiger partial charge in [0.2, 0.25) is 17.6 Å². The molecule has 0 bridgehead atoms. The maximum atomic E-state index is 13.8. The van der Waals surface area contributed by atoms with Crippen LogP contribution in [-0.4, -0.2) is 52.4 Å². The number of ketones is 1. The third kappa shape index (κ3) is 9.00. The van der Waals surface area contributed by atoms with Crippen molar-refractivity contribution in [3.63, 3.8) is 0 Å². The van der Waals surface area contributed by atoms with Gasteiger partial charge in [-0.2, -0.15) is 0 Å². The van der Waals surface area contributed by atoms with E-state index in [1.165, 1.54) is 22.9 Å². The summed E-state index contributed by atoms with van der Waals surface area (Å²) in [6.07, 6.45) is 3.15. The van der Waals surface area contributed by atoms with Crippen LogP contribution in [0.5, 0.6) is 0 Å². The number of hydrogen-bond donors (Lipinski definition) is 4. The summed E-state index contributed by atoms with van der Waals surface area (Å²) in [7, 11) is 0. The summed E-state index contributed by atoms with van der Waals surface area (Å²) in [5.41, 5.74) is -0.672. The SMILES string of the molecule is CC(C)(C)OC(=O)Nc1cccn([C@@H](CC2CC2)C(=O)NC(C[C@@H]2CCNC2=O)C(=O)C(=O)NCc2ccccc2)c1=O. The van der Waals surface area contributed by atoms with E-state index in [1.807, 2.05) is 18.2 Å². The minimum absolute atomic E-state index is 0.0551. The average Bonchev–Trinajstić information content (AvgIpc) is 3.69. The number of nitrogens with one attached hydrogen (secondary N) is 4. The molecule has 1 unspecified atom stereocenters. The van der Waals surface area contributed by atoms with Gasteiger partial charge in [0.05, 0.1) is 6.04 Å². The van der Waals surface area contributed by atoms with Gasteiger partial charge in [-0.25, -0.2) is 4.79 Å². The number of carbonyl (C=O) groups is 5. The van der Waals surface area contributed by atoms with Gasteiger partial charge in [-0.1, -0.05) is 43.2 Å². The zero-order chi connectivity index (χ0) is 31.1. The highest BCUT2D eigenvalue weighted by Gasteiger charge is 2.37. The molecule has 12 heteroatoms. The Bertz CT molecular complexity index is 1410. The van der Waals surface area contributed by atoms with Crippen LogP contribution in [0.25, 0.3) is 0 Å². The molecule has 2 heterocycles. The lowest BCUT2D eigenvalue weighted by molar-refractivity contribution is -0.141. The molecule has 12 nitrogen and oxygen atoms in total. The fourth-order valence-corrected chi connectivity index (χ4v) is 4.96. The Morgan fingerprint density at radius 3 is 2.35 bits per heavy atom. The molecule has 2 fully saturated rings. The number of ether oxygens (including phenoxy) is 1. The van der Waals surface area contributed by atoms with Crippen molar-refractivity contribution in [2.24, 2.45) is 11.8 Å². The summed E-state index contributed by atoms with van der Waals surface area (Å²) in [6, 6.07) is 9.72. The molecule has 0 radical (unpaired) electrons. The zero-order valence-electron chi connectivity index (χ0n) is 24.7. The molecule has 3 atom stereocenters. The van der Waals surface area contributed by atoms with Crippen molar-refractivity contribution >= 4 is 35.3 Å². The van der Waals surface area contributed by atoms with Gasteiger partial charge in [0, 0.05) is 25.2 Å². The highest BCUT2D eigenvalue weighted by Crippen LogP contribution is 2.37. The molecule has 43 heavy (non-hydrogen) atoms. The number of hydrogen-bond acceptors (Lipinski definition) is 7. The number of benzene rings is 1. The zero-order valence-corrected chi connectivity index (χ0v) is 24.7. The fourth-order valence-electron chi connectivity index (χ4n) is 4.96. The van der Waals surface area contributed by atoms with Gasteiger partial charge in [0.25, 0.3) is 11.5 Å². The maximum Gasteiger partial charge on any atom is 0.412 e. The normalized spacial score (nSPS) is 17.7. The Hall–Kier alpha value is -4.48. The molecule has 4 amide bonds. The summed E-state index contributed by atoms with van der Waals surface area (Å²) in [5, 5.41) is 10.4. The van der Waals surface area contributed by atoms with Crippen molar-refractivity contribution < 1.29 is 28.7 Å². The van der Waals surface area contributed by atoms with Crippen LogP contribution in [0, 0.1) is 11.8 Å². The van der Waals surface area contributed by atoms with Crippen molar-refractivity contribution in [2.75, 3.05) is 11.9 Å².